The van der Waals surface area contributed by atoms with Crippen molar-refractivity contribution in [3.63, 3.8) is 0 Å². The Hall–Kier alpha value is -0.930. The summed E-state index contributed by atoms with van der Waals surface area (Å²) in [5.41, 5.74) is 1.37. The summed E-state index contributed by atoms with van der Waals surface area (Å²) in [7, 11) is 0. The van der Waals surface area contributed by atoms with Crippen molar-refractivity contribution < 1.29 is 9.53 Å². The van der Waals surface area contributed by atoms with Gasteiger partial charge in [0.15, 0.2) is 0 Å². The number of alkyl halides is 2. The Balaban J connectivity index is 3.01. The minimum absolute atomic E-state index is 0.317. The Morgan fingerprint density at radius 3 is 2.39 bits per heavy atom. The first-order valence-corrected chi connectivity index (χ1v) is 6.94. The molecule has 0 bridgehead atoms. The highest BCUT2D eigenvalue weighted by Crippen LogP contribution is 2.21. The van der Waals surface area contributed by atoms with Crippen molar-refractivity contribution in [3.8, 4) is 0 Å². The molecule has 1 aromatic carbocycles. The number of hydrogen-bond acceptors (Lipinski definition) is 3. The van der Waals surface area contributed by atoms with Crippen LogP contribution < -0.4 is 4.90 Å². The summed E-state index contributed by atoms with van der Waals surface area (Å²) in [4.78, 5) is 13.9. The molecule has 0 saturated heterocycles. The van der Waals surface area contributed by atoms with Gasteiger partial charge in [-0.05, 0) is 19.1 Å². The maximum absolute atomic E-state index is 11.9. The third-order valence-corrected chi connectivity index (χ3v) is 2.79. The molecular formula is C13H17Cl2NO2. The molecule has 0 amide bonds. The van der Waals surface area contributed by atoms with Crippen LogP contribution in [-0.4, -0.2) is 37.4 Å². The molecule has 0 unspecified atom stereocenters. The number of esters is 1. The number of para-hydroxylation sites is 1. The SMILES string of the molecule is CCOC(=O)c1ccccc1N(CCCl)CCCl. The van der Waals surface area contributed by atoms with Gasteiger partial charge in [0, 0.05) is 24.8 Å². The lowest BCUT2D eigenvalue weighted by molar-refractivity contribution is 0.0527. The van der Waals surface area contributed by atoms with Gasteiger partial charge < -0.3 is 9.64 Å². The first-order chi connectivity index (χ1) is 8.74. The Morgan fingerprint density at radius 2 is 1.83 bits per heavy atom. The second-order valence-corrected chi connectivity index (χ2v) is 4.36. The summed E-state index contributed by atoms with van der Waals surface area (Å²) in [5, 5.41) is 0. The summed E-state index contributed by atoms with van der Waals surface area (Å²) < 4.78 is 5.04. The topological polar surface area (TPSA) is 29.5 Å². The quantitative estimate of drug-likeness (QED) is 0.570. The van der Waals surface area contributed by atoms with Gasteiger partial charge >= 0.3 is 5.97 Å². The number of halogens is 2. The molecule has 18 heavy (non-hydrogen) atoms. The molecule has 0 heterocycles. The van der Waals surface area contributed by atoms with E-state index in [4.69, 9.17) is 27.9 Å². The van der Waals surface area contributed by atoms with Gasteiger partial charge in [-0.3, -0.25) is 0 Å². The first-order valence-electron chi connectivity index (χ1n) is 5.87. The van der Waals surface area contributed by atoms with Gasteiger partial charge in [-0.15, -0.1) is 23.2 Å². The minimum Gasteiger partial charge on any atom is -0.462 e. The lowest BCUT2D eigenvalue weighted by Gasteiger charge is -2.24. The van der Waals surface area contributed by atoms with Crippen molar-refractivity contribution in [1.29, 1.82) is 0 Å². The molecule has 0 aliphatic carbocycles. The zero-order valence-corrected chi connectivity index (χ0v) is 11.9. The number of anilines is 1. The zero-order valence-electron chi connectivity index (χ0n) is 10.4. The average molecular weight is 290 g/mol. The number of carbonyl (C=O) groups excluding carboxylic acids is 1. The molecule has 0 spiro atoms. The summed E-state index contributed by atoms with van der Waals surface area (Å²) in [6, 6.07) is 7.33. The molecule has 1 rings (SSSR count). The van der Waals surface area contributed by atoms with Crippen LogP contribution in [0, 0.1) is 0 Å². The molecule has 3 nitrogen and oxygen atoms in total. The number of ether oxygens (including phenoxy) is 1. The van der Waals surface area contributed by atoms with E-state index in [2.05, 4.69) is 0 Å². The van der Waals surface area contributed by atoms with Crippen LogP contribution in [0.25, 0.3) is 0 Å². The Bertz CT molecular complexity index is 379. The van der Waals surface area contributed by atoms with Crippen molar-refractivity contribution in [3.05, 3.63) is 29.8 Å². The maximum Gasteiger partial charge on any atom is 0.340 e. The fourth-order valence-corrected chi connectivity index (χ4v) is 2.10. The number of carbonyl (C=O) groups is 1. The summed E-state index contributed by atoms with van der Waals surface area (Å²) in [6.45, 7) is 3.43. The Kier molecular flexibility index (Phi) is 6.91. The highest BCUT2D eigenvalue weighted by molar-refractivity contribution is 6.18. The fourth-order valence-electron chi connectivity index (χ4n) is 1.69. The second kappa shape index (κ2) is 8.22. The standard InChI is InChI=1S/C13H17Cl2NO2/c1-2-18-13(17)11-5-3-4-6-12(11)16(9-7-14)10-8-15/h3-6H,2,7-10H2,1H3. The number of rotatable bonds is 7. The molecular weight excluding hydrogens is 273 g/mol. The summed E-state index contributed by atoms with van der Waals surface area (Å²) >= 11 is 11.5. The molecule has 0 fully saturated rings. The highest BCUT2D eigenvalue weighted by Gasteiger charge is 2.16. The number of hydrogen-bond donors (Lipinski definition) is 0. The molecule has 100 valence electrons. The van der Waals surface area contributed by atoms with Crippen molar-refractivity contribution in [2.75, 3.05) is 36.4 Å². The molecule has 1 aromatic rings. The largest absolute Gasteiger partial charge is 0.462 e. The zero-order chi connectivity index (χ0) is 13.4. The van der Waals surface area contributed by atoms with Gasteiger partial charge in [-0.2, -0.15) is 0 Å². The monoisotopic (exact) mass is 289 g/mol. The van der Waals surface area contributed by atoms with E-state index >= 15 is 0 Å². The van der Waals surface area contributed by atoms with Gasteiger partial charge in [-0.25, -0.2) is 4.79 Å². The van der Waals surface area contributed by atoms with Crippen LogP contribution in [-0.2, 0) is 4.74 Å². The average Bonchev–Trinajstić information content (AvgIpc) is 2.39. The third kappa shape index (κ3) is 4.07. The Labute approximate surface area is 118 Å². The fraction of sp³-hybridized carbons (Fsp3) is 0.462. The van der Waals surface area contributed by atoms with Crippen LogP contribution in [0.4, 0.5) is 5.69 Å². The molecule has 5 heteroatoms. The molecule has 0 aromatic heterocycles. The van der Waals surface area contributed by atoms with Gasteiger partial charge in [-0.1, -0.05) is 12.1 Å². The van der Waals surface area contributed by atoms with Crippen LogP contribution >= 0.6 is 23.2 Å². The van der Waals surface area contributed by atoms with E-state index in [1.807, 2.05) is 23.1 Å². The van der Waals surface area contributed by atoms with E-state index in [9.17, 15) is 4.79 Å². The van der Waals surface area contributed by atoms with Gasteiger partial charge in [0.2, 0.25) is 0 Å². The van der Waals surface area contributed by atoms with Crippen LogP contribution in [0.1, 0.15) is 17.3 Å². The van der Waals surface area contributed by atoms with E-state index in [1.165, 1.54) is 0 Å². The lowest BCUT2D eigenvalue weighted by Crippen LogP contribution is -2.29. The predicted molar refractivity (Wildman–Crippen MR) is 76.1 cm³/mol. The Morgan fingerprint density at radius 1 is 1.22 bits per heavy atom. The first kappa shape index (κ1) is 15.1. The van der Waals surface area contributed by atoms with E-state index < -0.39 is 0 Å². The second-order valence-electron chi connectivity index (χ2n) is 3.60. The van der Waals surface area contributed by atoms with Crippen LogP contribution in [0.15, 0.2) is 24.3 Å². The molecule has 0 aliphatic heterocycles. The van der Waals surface area contributed by atoms with Crippen molar-refractivity contribution in [1.82, 2.24) is 0 Å². The molecule has 0 saturated carbocycles. The maximum atomic E-state index is 11.9. The van der Waals surface area contributed by atoms with Crippen molar-refractivity contribution in [2.24, 2.45) is 0 Å². The molecule has 0 N–H and O–H groups in total. The van der Waals surface area contributed by atoms with Crippen LogP contribution in [0.2, 0.25) is 0 Å². The van der Waals surface area contributed by atoms with E-state index in [-0.39, 0.29) is 5.97 Å². The smallest absolute Gasteiger partial charge is 0.340 e. The van der Waals surface area contributed by atoms with E-state index in [0.717, 1.165) is 5.69 Å². The highest BCUT2D eigenvalue weighted by atomic mass is 35.5. The van der Waals surface area contributed by atoms with E-state index in [0.29, 0.717) is 37.0 Å². The molecule has 0 aliphatic rings. The van der Waals surface area contributed by atoms with Crippen LogP contribution in [0.5, 0.6) is 0 Å². The van der Waals surface area contributed by atoms with E-state index in [1.54, 1.807) is 13.0 Å². The minimum atomic E-state index is -0.317. The predicted octanol–water partition coefficient (Wildman–Crippen LogP) is 3.15. The van der Waals surface area contributed by atoms with Gasteiger partial charge in [0.05, 0.1) is 17.9 Å². The third-order valence-electron chi connectivity index (χ3n) is 2.45. The molecule has 0 atom stereocenters. The summed E-state index contributed by atoms with van der Waals surface area (Å²) in [6.07, 6.45) is 0. The number of nitrogens with zero attached hydrogens (tertiary/aromatic N) is 1. The molecule has 0 radical (unpaired) electrons. The van der Waals surface area contributed by atoms with Gasteiger partial charge in [0.25, 0.3) is 0 Å². The van der Waals surface area contributed by atoms with Crippen molar-refractivity contribution in [2.45, 2.75) is 6.92 Å². The lowest BCUT2D eigenvalue weighted by atomic mass is 10.1. The van der Waals surface area contributed by atoms with Crippen LogP contribution in [0.3, 0.4) is 0 Å². The normalized spacial score (nSPS) is 10.2. The van der Waals surface area contributed by atoms with Crippen molar-refractivity contribution >= 4 is 34.9 Å². The number of benzene rings is 1. The van der Waals surface area contributed by atoms with Gasteiger partial charge in [0.1, 0.15) is 0 Å². The summed E-state index contributed by atoms with van der Waals surface area (Å²) in [5.74, 6) is 0.643.